The molecule has 0 aromatic heterocycles. The van der Waals surface area contributed by atoms with Crippen LogP contribution in [0.3, 0.4) is 0 Å². The monoisotopic (exact) mass is 1040 g/mol. The van der Waals surface area contributed by atoms with Crippen LogP contribution in [-0.2, 0) is 54.2 Å². The summed E-state index contributed by atoms with van der Waals surface area (Å²) in [4.78, 5) is 23.6. The van der Waals surface area contributed by atoms with E-state index in [4.69, 9.17) is 50.8 Å². The van der Waals surface area contributed by atoms with Gasteiger partial charge in [0.05, 0.1) is 12.1 Å². The lowest BCUT2D eigenvalue weighted by atomic mass is 9.91. The first-order chi connectivity index (χ1) is 34.7. The molecular formula is C54H64F6N4O10. The number of halogens is 6. The third-order valence-electron chi connectivity index (χ3n) is 11.9. The van der Waals surface area contributed by atoms with Crippen molar-refractivity contribution in [1.29, 1.82) is 0 Å². The number of carbonyl (C=O) groups is 2. The first kappa shape index (κ1) is 59.1. The van der Waals surface area contributed by atoms with Crippen molar-refractivity contribution in [1.82, 2.24) is 10.6 Å². The third-order valence-corrected chi connectivity index (χ3v) is 11.9. The Hall–Kier alpha value is -5.78. The fraction of sp³-hybridized carbons (Fsp3) is 0.407. The van der Waals surface area contributed by atoms with Crippen molar-refractivity contribution in [3.05, 3.63) is 179 Å². The summed E-state index contributed by atoms with van der Waals surface area (Å²) in [6.07, 6.45) is -15.3. The van der Waals surface area contributed by atoms with E-state index in [1.807, 2.05) is 72.8 Å². The molecule has 10 N–H and O–H groups in total. The first-order valence-corrected chi connectivity index (χ1v) is 23.7. The minimum absolute atomic E-state index is 0.104. The van der Waals surface area contributed by atoms with Crippen molar-refractivity contribution in [3.8, 4) is 0 Å². The van der Waals surface area contributed by atoms with Gasteiger partial charge in [0, 0.05) is 23.2 Å². The molecule has 2 heterocycles. The molecule has 2 fully saturated rings. The second-order valence-corrected chi connectivity index (χ2v) is 18.7. The molecule has 20 heteroatoms. The van der Waals surface area contributed by atoms with E-state index in [2.05, 4.69) is 10.6 Å². The lowest BCUT2D eigenvalue weighted by Gasteiger charge is -2.30. The number of hydrogen-bond donors (Lipinski definition) is 8. The molecule has 74 heavy (non-hydrogen) atoms. The summed E-state index contributed by atoms with van der Waals surface area (Å²) in [5.74, 6) is -6.14. The van der Waals surface area contributed by atoms with Gasteiger partial charge in [-0.25, -0.2) is 0 Å². The van der Waals surface area contributed by atoms with Gasteiger partial charge in [0.15, 0.2) is 24.2 Å². The molecule has 5 aromatic rings. The summed E-state index contributed by atoms with van der Waals surface area (Å²) in [5, 5.41) is 39.4. The van der Waals surface area contributed by atoms with Crippen LogP contribution in [0.4, 0.5) is 26.3 Å². The second-order valence-electron chi connectivity index (χ2n) is 18.7. The highest BCUT2D eigenvalue weighted by Gasteiger charge is 2.51. The Kier molecular flexibility index (Phi) is 20.9. The van der Waals surface area contributed by atoms with Crippen molar-refractivity contribution < 1.29 is 75.3 Å². The number of nitrogens with two attached hydrogens (primary N) is 2. The Morgan fingerprint density at radius 2 is 0.703 bits per heavy atom. The quantitative estimate of drug-likeness (QED) is 0.0398. The zero-order valence-electron chi connectivity index (χ0n) is 41.1. The smallest absolute Gasteiger partial charge is 0.364 e. The average Bonchev–Trinajstić information content (AvgIpc) is 3.86. The van der Waals surface area contributed by atoms with Crippen LogP contribution in [0.25, 0.3) is 0 Å². The first-order valence-electron chi connectivity index (χ1n) is 23.7. The average molecular weight is 1040 g/mol. The normalized spacial score (nSPS) is 20.8. The molecule has 4 unspecified atom stereocenters. The van der Waals surface area contributed by atoms with E-state index < -0.39 is 96.9 Å². The van der Waals surface area contributed by atoms with Gasteiger partial charge >= 0.3 is 24.2 Å². The number of ether oxygens (including phenoxy) is 4. The number of alkyl halides is 6. The molecule has 0 spiro atoms. The van der Waals surface area contributed by atoms with Gasteiger partial charge in [-0.05, 0) is 75.6 Å². The topological polar surface area (TPSA) is 228 Å². The second kappa shape index (κ2) is 26.1. The number of nitrogens with one attached hydrogen (secondary N) is 2. The van der Waals surface area contributed by atoms with E-state index in [0.717, 1.165) is 22.3 Å². The molecule has 8 atom stereocenters. The van der Waals surface area contributed by atoms with E-state index in [9.17, 15) is 35.9 Å². The van der Waals surface area contributed by atoms with Crippen LogP contribution in [0.15, 0.2) is 146 Å². The van der Waals surface area contributed by atoms with Gasteiger partial charge in [0.2, 0.25) is 0 Å². The molecule has 0 radical (unpaired) electrons. The molecule has 2 amide bonds. The number of amides is 2. The summed E-state index contributed by atoms with van der Waals surface area (Å²) in [5.41, 5.74) is 16.5. The maximum atomic E-state index is 13.0. The lowest BCUT2D eigenvalue weighted by molar-refractivity contribution is -0.176. The molecule has 0 aliphatic carbocycles. The van der Waals surface area contributed by atoms with Crippen LogP contribution in [0.1, 0.15) is 73.7 Å². The standard InChI is InChI=1S/2C23H27F3N2O3.C8H10O4/c2*1-22(2)30-19(17(27)13-15-9-5-3-6-10-15)20(31-22)18(28-21(29)23(24,25)26)14-16-11-7-4-8-12-16;9-7(10)5-3-1-2-4-6(5)8(11)12/h2*3-12,17-20H,13-14,27H2,1-2H3,(H,28,29);1-4,7-12H/t2*17-,18-,19?,20?;/m11./s1. The van der Waals surface area contributed by atoms with Crippen LogP contribution >= 0.6 is 0 Å². The van der Waals surface area contributed by atoms with E-state index in [-0.39, 0.29) is 24.0 Å². The Morgan fingerprint density at radius 3 is 0.959 bits per heavy atom. The number of rotatable bonds is 16. The van der Waals surface area contributed by atoms with Crippen LogP contribution in [-0.4, -0.2) is 105 Å². The molecule has 2 saturated heterocycles. The predicted octanol–water partition coefficient (Wildman–Crippen LogP) is 6.39. The number of aliphatic hydroxyl groups is 4. The highest BCUT2D eigenvalue weighted by molar-refractivity contribution is 5.82. The van der Waals surface area contributed by atoms with Crippen molar-refractivity contribution in [2.24, 2.45) is 11.5 Å². The molecule has 0 bridgehead atoms. The van der Waals surface area contributed by atoms with Crippen LogP contribution in [0, 0.1) is 0 Å². The van der Waals surface area contributed by atoms with Crippen molar-refractivity contribution in [2.45, 2.75) is 138 Å². The van der Waals surface area contributed by atoms with Gasteiger partial charge in [-0.3, -0.25) is 9.59 Å². The number of aliphatic hydroxyl groups excluding tert-OH is 2. The molecule has 7 rings (SSSR count). The van der Waals surface area contributed by atoms with Gasteiger partial charge in [0.25, 0.3) is 0 Å². The van der Waals surface area contributed by atoms with Crippen molar-refractivity contribution in [2.75, 3.05) is 0 Å². The summed E-state index contributed by atoms with van der Waals surface area (Å²) in [6.45, 7) is 6.72. The van der Waals surface area contributed by atoms with E-state index in [1.54, 1.807) is 88.4 Å². The summed E-state index contributed by atoms with van der Waals surface area (Å²) < 4.78 is 102. The van der Waals surface area contributed by atoms with Crippen LogP contribution in [0.5, 0.6) is 0 Å². The number of carbonyl (C=O) groups excluding carboxylic acids is 2. The molecule has 2 aliphatic rings. The zero-order chi connectivity index (χ0) is 54.4. The Balaban J connectivity index is 0.000000225. The number of benzene rings is 5. The zero-order valence-corrected chi connectivity index (χ0v) is 41.1. The highest BCUT2D eigenvalue weighted by Crippen LogP contribution is 2.35. The van der Waals surface area contributed by atoms with Gasteiger partial charge in [-0.2, -0.15) is 26.3 Å². The fourth-order valence-electron chi connectivity index (χ4n) is 8.64. The van der Waals surface area contributed by atoms with Crippen LogP contribution in [0.2, 0.25) is 0 Å². The Morgan fingerprint density at radius 1 is 0.459 bits per heavy atom. The highest BCUT2D eigenvalue weighted by atomic mass is 19.4. The maximum absolute atomic E-state index is 13.0. The van der Waals surface area contributed by atoms with Crippen molar-refractivity contribution >= 4 is 11.8 Å². The summed E-state index contributed by atoms with van der Waals surface area (Å²) >= 11 is 0. The van der Waals surface area contributed by atoms with E-state index in [1.165, 1.54) is 12.1 Å². The Labute approximate surface area is 425 Å². The van der Waals surface area contributed by atoms with Gasteiger partial charge in [-0.15, -0.1) is 0 Å². The molecular weight excluding hydrogens is 979 g/mol. The third kappa shape index (κ3) is 18.0. The molecule has 0 saturated carbocycles. The SMILES string of the molecule is CC1(C)OC([C@H](N)Cc2ccccc2)C([C@@H](Cc2ccccc2)NC(=O)C(F)(F)F)O1.CC1(C)OC([C@H](N)Cc2ccccc2)C([C@@H](Cc2ccccc2)NC(=O)C(F)(F)F)O1.OC(O)c1ccccc1C(O)O. The molecule has 2 aliphatic heterocycles. The molecule has 402 valence electrons. The molecule has 14 nitrogen and oxygen atoms in total. The van der Waals surface area contributed by atoms with Gasteiger partial charge in [0.1, 0.15) is 24.4 Å². The largest absolute Gasteiger partial charge is 0.471 e. The van der Waals surface area contributed by atoms with Gasteiger partial charge < -0.3 is 61.5 Å². The predicted molar refractivity (Wildman–Crippen MR) is 261 cm³/mol. The number of hydrogen-bond acceptors (Lipinski definition) is 12. The van der Waals surface area contributed by atoms with E-state index in [0.29, 0.717) is 12.8 Å². The minimum atomic E-state index is -5.01. The Bertz CT molecular complexity index is 2320. The van der Waals surface area contributed by atoms with E-state index >= 15 is 0 Å². The van der Waals surface area contributed by atoms with Crippen molar-refractivity contribution in [3.63, 3.8) is 0 Å². The van der Waals surface area contributed by atoms with Crippen LogP contribution < -0.4 is 22.1 Å². The lowest BCUT2D eigenvalue weighted by Crippen LogP contribution is -2.56. The summed E-state index contributed by atoms with van der Waals surface area (Å²) in [6, 6.07) is 39.8. The molecule has 5 aromatic carbocycles. The minimum Gasteiger partial charge on any atom is -0.364 e. The van der Waals surface area contributed by atoms with Gasteiger partial charge in [-0.1, -0.05) is 146 Å². The maximum Gasteiger partial charge on any atom is 0.471 e. The fourth-order valence-corrected chi connectivity index (χ4v) is 8.64. The summed E-state index contributed by atoms with van der Waals surface area (Å²) in [7, 11) is 0.